The Hall–Kier alpha value is -1.07. The third kappa shape index (κ3) is 6.36. The summed E-state index contributed by atoms with van der Waals surface area (Å²) in [5.41, 5.74) is -2.49. The molecule has 0 saturated heterocycles. The molecule has 0 spiro atoms. The van der Waals surface area contributed by atoms with Crippen LogP contribution in [0.4, 0.5) is 0 Å². The van der Waals surface area contributed by atoms with Crippen LogP contribution in [0.25, 0.3) is 0 Å². The van der Waals surface area contributed by atoms with E-state index in [0.717, 1.165) is 6.08 Å². The summed E-state index contributed by atoms with van der Waals surface area (Å²) in [4.78, 5) is 19.8. The molecular weight excluding hydrogens is 300 g/mol. The van der Waals surface area contributed by atoms with Crippen LogP contribution in [0.1, 0.15) is 0 Å². The van der Waals surface area contributed by atoms with Crippen molar-refractivity contribution in [2.45, 2.75) is 0 Å². The Bertz CT molecular complexity index is 315. The highest BCUT2D eigenvalue weighted by atomic mass is 17.2. The molecule has 0 amide bonds. The minimum Gasteiger partial charge on any atom is -0.396 e. The molecule has 9 heteroatoms. The van der Waals surface area contributed by atoms with Crippen molar-refractivity contribution in [3.05, 3.63) is 12.7 Å². The number of hydrogen-bond acceptors (Lipinski definition) is 9. The number of carbonyl (C=O) groups is 1. The molecule has 0 heterocycles. The summed E-state index contributed by atoms with van der Waals surface area (Å²) in [5, 5.41) is 46.2. The fourth-order valence-electron chi connectivity index (χ4n) is 1.29. The van der Waals surface area contributed by atoms with Crippen molar-refractivity contribution in [3.63, 3.8) is 0 Å². The van der Waals surface area contributed by atoms with Crippen LogP contribution in [0.3, 0.4) is 0 Å². The second-order valence-corrected chi connectivity index (χ2v) is 5.15. The average molecular weight is 324 g/mol. The Morgan fingerprint density at radius 3 is 1.73 bits per heavy atom. The molecule has 0 bridgehead atoms. The molecular formula is C13H24O9. The average Bonchev–Trinajstić information content (AvgIpc) is 2.57. The lowest BCUT2D eigenvalue weighted by Gasteiger charge is -2.32. The molecule has 0 fully saturated rings. The van der Waals surface area contributed by atoms with Gasteiger partial charge in [-0.3, -0.25) is 4.89 Å². The van der Waals surface area contributed by atoms with Gasteiger partial charge in [-0.15, -0.1) is 0 Å². The highest BCUT2D eigenvalue weighted by Crippen LogP contribution is 2.21. The topological polar surface area (TPSA) is 146 Å². The fraction of sp³-hybridized carbons (Fsp3) is 0.769. The van der Waals surface area contributed by atoms with E-state index in [-0.39, 0.29) is 19.8 Å². The van der Waals surface area contributed by atoms with Crippen molar-refractivity contribution >= 4 is 5.97 Å². The second-order valence-electron chi connectivity index (χ2n) is 5.15. The van der Waals surface area contributed by atoms with E-state index >= 15 is 0 Å². The maximum Gasteiger partial charge on any atom is 0.365 e. The second kappa shape index (κ2) is 10.6. The van der Waals surface area contributed by atoms with E-state index in [2.05, 4.69) is 16.4 Å². The summed E-state index contributed by atoms with van der Waals surface area (Å²) in [6.07, 6.45) is 0.883. The van der Waals surface area contributed by atoms with E-state index in [9.17, 15) is 15.0 Å². The molecule has 0 aliphatic carbocycles. The molecule has 0 aliphatic heterocycles. The van der Waals surface area contributed by atoms with Gasteiger partial charge in [0.1, 0.15) is 6.61 Å². The largest absolute Gasteiger partial charge is 0.396 e. The van der Waals surface area contributed by atoms with Crippen LogP contribution in [-0.4, -0.2) is 84.4 Å². The molecule has 22 heavy (non-hydrogen) atoms. The number of carbonyl (C=O) groups excluding carboxylic acids is 1. The maximum atomic E-state index is 10.8. The van der Waals surface area contributed by atoms with Gasteiger partial charge in [-0.1, -0.05) is 6.58 Å². The predicted octanol–water partition coefficient (Wildman–Crippen LogP) is -2.40. The van der Waals surface area contributed by atoms with Crippen LogP contribution in [0.15, 0.2) is 12.7 Å². The van der Waals surface area contributed by atoms with E-state index in [1.807, 2.05) is 0 Å². The molecule has 130 valence electrons. The molecule has 0 aromatic rings. The first-order chi connectivity index (χ1) is 10.5. The van der Waals surface area contributed by atoms with Crippen LogP contribution in [0.5, 0.6) is 0 Å². The molecule has 0 unspecified atom stereocenters. The summed E-state index contributed by atoms with van der Waals surface area (Å²) in [6.45, 7) is -0.150. The lowest BCUT2D eigenvalue weighted by molar-refractivity contribution is -0.289. The normalized spacial score (nSPS) is 12.2. The van der Waals surface area contributed by atoms with Crippen LogP contribution in [0, 0.1) is 10.8 Å². The third-order valence-electron chi connectivity index (χ3n) is 3.17. The molecule has 0 atom stereocenters. The number of ether oxygens (including phenoxy) is 1. The van der Waals surface area contributed by atoms with E-state index in [0.29, 0.717) is 0 Å². The van der Waals surface area contributed by atoms with Crippen LogP contribution < -0.4 is 0 Å². The van der Waals surface area contributed by atoms with E-state index in [1.165, 1.54) is 0 Å². The zero-order valence-corrected chi connectivity index (χ0v) is 12.3. The van der Waals surface area contributed by atoms with Gasteiger partial charge >= 0.3 is 5.97 Å². The molecule has 0 saturated carbocycles. The van der Waals surface area contributed by atoms with Crippen molar-refractivity contribution in [2.24, 2.45) is 10.8 Å². The van der Waals surface area contributed by atoms with Gasteiger partial charge in [-0.25, -0.2) is 4.79 Å². The minimum absolute atomic E-state index is 0.204. The summed E-state index contributed by atoms with van der Waals surface area (Å²) in [6, 6.07) is 0. The predicted molar refractivity (Wildman–Crippen MR) is 73.4 cm³/mol. The third-order valence-corrected chi connectivity index (χ3v) is 3.17. The quantitative estimate of drug-likeness (QED) is 0.142. The number of aliphatic hydroxyl groups is 5. The van der Waals surface area contributed by atoms with E-state index in [4.69, 9.17) is 20.1 Å². The first-order valence-corrected chi connectivity index (χ1v) is 6.55. The Morgan fingerprint density at radius 2 is 1.32 bits per heavy atom. The van der Waals surface area contributed by atoms with Crippen LogP contribution >= 0.6 is 0 Å². The standard InChI is InChI=1S/C13H24O9/c1-2-11(19)22-21-10-13(6-17,7-18)9-20-8-12(3-14,4-15)5-16/h2,14-18H,1,3-10H2. The first kappa shape index (κ1) is 20.9. The van der Waals surface area contributed by atoms with E-state index in [1.54, 1.807) is 0 Å². The first-order valence-electron chi connectivity index (χ1n) is 6.55. The van der Waals surface area contributed by atoms with Crippen LogP contribution in [0.2, 0.25) is 0 Å². The lowest BCUT2D eigenvalue weighted by atomic mass is 9.91. The molecule has 9 nitrogen and oxygen atoms in total. The van der Waals surface area contributed by atoms with Crippen molar-refractivity contribution < 1.29 is 44.8 Å². The molecule has 0 radical (unpaired) electrons. The Morgan fingerprint density at radius 1 is 0.864 bits per heavy atom. The van der Waals surface area contributed by atoms with Crippen molar-refractivity contribution in [1.29, 1.82) is 0 Å². The van der Waals surface area contributed by atoms with Gasteiger partial charge < -0.3 is 30.3 Å². The van der Waals surface area contributed by atoms with E-state index < -0.39 is 49.8 Å². The summed E-state index contributed by atoms with van der Waals surface area (Å²) in [5.74, 6) is -0.828. The SMILES string of the molecule is C=CC(=O)OOCC(CO)(CO)COCC(CO)(CO)CO. The molecule has 0 aromatic carbocycles. The lowest BCUT2D eigenvalue weighted by Crippen LogP contribution is -2.43. The zero-order valence-electron chi connectivity index (χ0n) is 12.3. The van der Waals surface area contributed by atoms with Crippen LogP contribution in [-0.2, 0) is 19.3 Å². The molecule has 0 aromatic heterocycles. The van der Waals surface area contributed by atoms with Crippen molar-refractivity contribution in [1.82, 2.24) is 0 Å². The summed E-state index contributed by atoms with van der Waals surface area (Å²) < 4.78 is 5.26. The number of rotatable bonds is 13. The van der Waals surface area contributed by atoms with Crippen molar-refractivity contribution in [3.8, 4) is 0 Å². The summed E-state index contributed by atoms with van der Waals surface area (Å²) >= 11 is 0. The maximum absolute atomic E-state index is 10.8. The Labute approximate surface area is 128 Å². The van der Waals surface area contributed by atoms with Gasteiger partial charge in [0, 0.05) is 6.08 Å². The Kier molecular flexibility index (Phi) is 10.1. The monoisotopic (exact) mass is 324 g/mol. The van der Waals surface area contributed by atoms with Gasteiger partial charge in [-0.2, -0.15) is 4.89 Å². The zero-order chi connectivity index (χ0) is 17.1. The van der Waals surface area contributed by atoms with Gasteiger partial charge in [0.05, 0.1) is 57.1 Å². The highest BCUT2D eigenvalue weighted by molar-refractivity contribution is 5.80. The van der Waals surface area contributed by atoms with Gasteiger partial charge in [0.2, 0.25) is 0 Å². The van der Waals surface area contributed by atoms with Gasteiger partial charge in [0.25, 0.3) is 0 Å². The molecule has 0 aliphatic rings. The fourth-order valence-corrected chi connectivity index (χ4v) is 1.29. The van der Waals surface area contributed by atoms with Gasteiger partial charge in [0.15, 0.2) is 0 Å². The smallest absolute Gasteiger partial charge is 0.365 e. The van der Waals surface area contributed by atoms with Crippen molar-refractivity contribution in [2.75, 3.05) is 52.9 Å². The number of hydrogen-bond donors (Lipinski definition) is 5. The molecule has 0 rings (SSSR count). The minimum atomic E-state index is -1.26. The Balaban J connectivity index is 4.49. The van der Waals surface area contributed by atoms with Gasteiger partial charge in [-0.05, 0) is 0 Å². The highest BCUT2D eigenvalue weighted by Gasteiger charge is 2.34. The molecule has 5 N–H and O–H groups in total. The summed E-state index contributed by atoms with van der Waals surface area (Å²) in [7, 11) is 0. The number of aliphatic hydroxyl groups excluding tert-OH is 5.